The van der Waals surface area contributed by atoms with Crippen LogP contribution in [0.2, 0.25) is 0 Å². The third kappa shape index (κ3) is 4.08. The third-order valence-electron chi connectivity index (χ3n) is 3.99. The molecule has 10 heteroatoms. The standard InChI is InChI=1S/C19H19N3O5S2/c1-5-7-27-18(25)14-11(4)13(17(24)26-6-2)16(29-14)21-15(23)12-8-22-10(3)9-28-19(22)20-12/h5,8-9H,1,6-7H2,2-4H3,(H,21,23). The monoisotopic (exact) mass is 433 g/mol. The highest BCUT2D eigenvalue weighted by Crippen LogP contribution is 2.34. The van der Waals surface area contributed by atoms with Crippen LogP contribution in [-0.2, 0) is 9.47 Å². The molecule has 0 aliphatic heterocycles. The highest BCUT2D eigenvalue weighted by molar-refractivity contribution is 7.18. The van der Waals surface area contributed by atoms with Crippen molar-refractivity contribution in [2.24, 2.45) is 0 Å². The van der Waals surface area contributed by atoms with E-state index in [-0.39, 0.29) is 34.3 Å². The largest absolute Gasteiger partial charge is 0.462 e. The Morgan fingerprint density at radius 3 is 2.69 bits per heavy atom. The van der Waals surface area contributed by atoms with Crippen LogP contribution in [0.1, 0.15) is 48.7 Å². The van der Waals surface area contributed by atoms with E-state index in [1.165, 1.54) is 17.4 Å². The predicted octanol–water partition coefficient (Wildman–Crippen LogP) is 3.85. The lowest BCUT2D eigenvalue weighted by Crippen LogP contribution is -2.15. The maximum Gasteiger partial charge on any atom is 0.348 e. The molecule has 3 aromatic heterocycles. The van der Waals surface area contributed by atoms with Crippen molar-refractivity contribution in [1.82, 2.24) is 9.38 Å². The number of aryl methyl sites for hydroxylation is 1. The first-order valence-electron chi connectivity index (χ1n) is 8.70. The molecule has 1 amide bonds. The van der Waals surface area contributed by atoms with Crippen LogP contribution in [0.5, 0.6) is 0 Å². The van der Waals surface area contributed by atoms with Gasteiger partial charge in [0.15, 0.2) is 4.96 Å². The summed E-state index contributed by atoms with van der Waals surface area (Å²) in [4.78, 5) is 42.7. The smallest absolute Gasteiger partial charge is 0.348 e. The van der Waals surface area contributed by atoms with Gasteiger partial charge in [0.25, 0.3) is 5.91 Å². The number of nitrogens with one attached hydrogen (secondary N) is 1. The van der Waals surface area contributed by atoms with Crippen molar-refractivity contribution in [2.75, 3.05) is 18.5 Å². The molecule has 29 heavy (non-hydrogen) atoms. The first-order chi connectivity index (χ1) is 13.9. The summed E-state index contributed by atoms with van der Waals surface area (Å²) in [5.41, 5.74) is 1.69. The second-order valence-corrected chi connectivity index (χ2v) is 7.84. The van der Waals surface area contributed by atoms with Crippen molar-refractivity contribution >= 4 is 50.5 Å². The van der Waals surface area contributed by atoms with Gasteiger partial charge in [0.05, 0.1) is 12.2 Å². The first kappa shape index (κ1) is 20.7. The van der Waals surface area contributed by atoms with Gasteiger partial charge in [-0.25, -0.2) is 14.6 Å². The van der Waals surface area contributed by atoms with Crippen LogP contribution >= 0.6 is 22.7 Å². The molecule has 3 rings (SSSR count). The summed E-state index contributed by atoms with van der Waals surface area (Å²) in [5.74, 6) is -1.71. The molecule has 0 aromatic carbocycles. The van der Waals surface area contributed by atoms with Crippen LogP contribution in [0.25, 0.3) is 4.96 Å². The van der Waals surface area contributed by atoms with Crippen LogP contribution in [0.4, 0.5) is 5.00 Å². The van der Waals surface area contributed by atoms with E-state index >= 15 is 0 Å². The highest BCUT2D eigenvalue weighted by Gasteiger charge is 2.28. The topological polar surface area (TPSA) is 99.0 Å². The summed E-state index contributed by atoms with van der Waals surface area (Å²) in [6.07, 6.45) is 3.07. The summed E-state index contributed by atoms with van der Waals surface area (Å²) in [5, 5.41) is 4.84. The summed E-state index contributed by atoms with van der Waals surface area (Å²) in [6, 6.07) is 0. The maximum atomic E-state index is 12.7. The van der Waals surface area contributed by atoms with Gasteiger partial charge in [-0.3, -0.25) is 9.20 Å². The minimum Gasteiger partial charge on any atom is -0.462 e. The van der Waals surface area contributed by atoms with Crippen LogP contribution in [0, 0.1) is 13.8 Å². The van der Waals surface area contributed by atoms with Gasteiger partial charge in [0.2, 0.25) is 0 Å². The van der Waals surface area contributed by atoms with E-state index in [1.807, 2.05) is 16.7 Å². The lowest BCUT2D eigenvalue weighted by atomic mass is 10.1. The van der Waals surface area contributed by atoms with Crippen molar-refractivity contribution < 1.29 is 23.9 Å². The van der Waals surface area contributed by atoms with Crippen LogP contribution < -0.4 is 5.32 Å². The number of thiophene rings is 1. The van der Waals surface area contributed by atoms with Gasteiger partial charge < -0.3 is 14.8 Å². The Labute approximate surface area is 174 Å². The summed E-state index contributed by atoms with van der Waals surface area (Å²) >= 11 is 2.38. The lowest BCUT2D eigenvalue weighted by Gasteiger charge is -2.06. The normalized spacial score (nSPS) is 10.7. The number of esters is 2. The van der Waals surface area contributed by atoms with Gasteiger partial charge in [-0.05, 0) is 26.3 Å². The number of imidazole rings is 1. The minimum atomic E-state index is -0.624. The zero-order chi connectivity index (χ0) is 21.1. The predicted molar refractivity (Wildman–Crippen MR) is 111 cm³/mol. The Hall–Kier alpha value is -2.98. The van der Waals surface area contributed by atoms with Gasteiger partial charge in [0.1, 0.15) is 22.2 Å². The second-order valence-electron chi connectivity index (χ2n) is 5.98. The molecule has 0 fully saturated rings. The molecule has 0 unspecified atom stereocenters. The van der Waals surface area contributed by atoms with Gasteiger partial charge in [-0.15, -0.1) is 22.7 Å². The van der Waals surface area contributed by atoms with E-state index in [9.17, 15) is 14.4 Å². The van der Waals surface area contributed by atoms with Gasteiger partial charge >= 0.3 is 11.9 Å². The zero-order valence-electron chi connectivity index (χ0n) is 16.1. The molecule has 1 N–H and O–H groups in total. The molecule has 0 aliphatic carbocycles. The van der Waals surface area contributed by atoms with Gasteiger partial charge in [0, 0.05) is 17.3 Å². The molecule has 3 aromatic rings. The number of ether oxygens (including phenoxy) is 2. The molecule has 0 saturated heterocycles. The van der Waals surface area contributed by atoms with Crippen molar-refractivity contribution in [3.63, 3.8) is 0 Å². The molecule has 3 heterocycles. The quantitative estimate of drug-likeness (QED) is 0.449. The molecule has 0 radical (unpaired) electrons. The average Bonchev–Trinajstić information content (AvgIpc) is 3.35. The van der Waals surface area contributed by atoms with E-state index in [4.69, 9.17) is 9.47 Å². The number of nitrogens with zero attached hydrogens (tertiary/aromatic N) is 2. The molecular formula is C19H19N3O5S2. The number of carbonyl (C=O) groups is 3. The van der Waals surface area contributed by atoms with Crippen molar-refractivity contribution in [1.29, 1.82) is 0 Å². The van der Waals surface area contributed by atoms with Crippen molar-refractivity contribution in [3.8, 4) is 0 Å². The van der Waals surface area contributed by atoms with E-state index in [1.54, 1.807) is 20.0 Å². The molecule has 0 spiro atoms. The molecule has 8 nitrogen and oxygen atoms in total. The SMILES string of the molecule is C=CCOC(=O)c1sc(NC(=O)c2cn3c(C)csc3n2)c(C(=O)OCC)c1C. The number of anilines is 1. The summed E-state index contributed by atoms with van der Waals surface area (Å²) in [6.45, 7) is 8.90. The van der Waals surface area contributed by atoms with Gasteiger partial charge in [-0.2, -0.15) is 0 Å². The Balaban J connectivity index is 1.95. The molecule has 0 atom stereocenters. The zero-order valence-corrected chi connectivity index (χ0v) is 17.7. The minimum absolute atomic E-state index is 0.0390. The Kier molecular flexibility index (Phi) is 6.14. The molecule has 0 bridgehead atoms. The number of carbonyl (C=O) groups excluding carboxylic acids is 3. The number of rotatable bonds is 7. The number of amides is 1. The van der Waals surface area contributed by atoms with Crippen LogP contribution in [0.15, 0.2) is 24.2 Å². The number of aromatic nitrogens is 2. The van der Waals surface area contributed by atoms with Crippen LogP contribution in [-0.4, -0.2) is 40.4 Å². The lowest BCUT2D eigenvalue weighted by molar-refractivity contribution is 0.0527. The van der Waals surface area contributed by atoms with E-state index in [2.05, 4.69) is 16.9 Å². The van der Waals surface area contributed by atoms with E-state index < -0.39 is 17.8 Å². The third-order valence-corrected chi connectivity index (χ3v) is 6.14. The average molecular weight is 434 g/mol. The number of hydrogen-bond acceptors (Lipinski definition) is 8. The van der Waals surface area contributed by atoms with Crippen molar-refractivity contribution in [2.45, 2.75) is 20.8 Å². The van der Waals surface area contributed by atoms with Gasteiger partial charge in [-0.1, -0.05) is 12.7 Å². The molecule has 0 aliphatic rings. The molecule has 152 valence electrons. The fourth-order valence-corrected chi connectivity index (χ4v) is 4.55. The summed E-state index contributed by atoms with van der Waals surface area (Å²) in [7, 11) is 0. The summed E-state index contributed by atoms with van der Waals surface area (Å²) < 4.78 is 12.0. The number of hydrogen-bond donors (Lipinski definition) is 1. The second kappa shape index (κ2) is 8.58. The number of fused-ring (bicyclic) bond motifs is 1. The molecular weight excluding hydrogens is 414 g/mol. The van der Waals surface area contributed by atoms with E-state index in [0.717, 1.165) is 17.0 Å². The first-order valence-corrected chi connectivity index (χ1v) is 10.4. The van der Waals surface area contributed by atoms with Crippen molar-refractivity contribution in [3.05, 3.63) is 51.6 Å². The molecule has 0 saturated carbocycles. The Morgan fingerprint density at radius 1 is 1.28 bits per heavy atom. The fourth-order valence-electron chi connectivity index (χ4n) is 2.62. The maximum absolute atomic E-state index is 12.7. The Bertz CT molecular complexity index is 1110. The fraction of sp³-hybridized carbons (Fsp3) is 0.263. The van der Waals surface area contributed by atoms with E-state index in [0.29, 0.717) is 10.5 Å². The number of thiazole rings is 1. The highest BCUT2D eigenvalue weighted by atomic mass is 32.1. The Morgan fingerprint density at radius 2 is 2.03 bits per heavy atom. The van der Waals surface area contributed by atoms with Crippen LogP contribution in [0.3, 0.4) is 0 Å².